The molecule has 0 amide bonds. The molecule has 2 rings (SSSR count). The third kappa shape index (κ3) is 2.60. The van der Waals surface area contributed by atoms with E-state index in [0.29, 0.717) is 17.6 Å². The fourth-order valence-electron chi connectivity index (χ4n) is 2.30. The number of hydrogen-bond acceptors (Lipinski definition) is 6. The summed E-state index contributed by atoms with van der Waals surface area (Å²) in [7, 11) is 3.24. The van der Waals surface area contributed by atoms with Gasteiger partial charge in [0.1, 0.15) is 5.66 Å². The average Bonchev–Trinajstić information content (AvgIpc) is 2.82. The molecule has 0 spiro atoms. The molecule has 0 aliphatic rings. The number of carbonyl (C=O) groups is 1. The van der Waals surface area contributed by atoms with Gasteiger partial charge in [0.05, 0.1) is 6.33 Å². The molecular weight excluding hydrogens is 288 g/mol. The van der Waals surface area contributed by atoms with E-state index >= 15 is 0 Å². The van der Waals surface area contributed by atoms with Crippen molar-refractivity contribution in [1.82, 2.24) is 18.7 Å². The summed E-state index contributed by atoms with van der Waals surface area (Å²) in [6, 6.07) is 0. The molecule has 0 radical (unpaired) electrons. The highest BCUT2D eigenvalue weighted by atomic mass is 16.2. The van der Waals surface area contributed by atoms with Crippen molar-refractivity contribution in [3.05, 3.63) is 27.2 Å². The zero-order chi connectivity index (χ0) is 16.7. The summed E-state index contributed by atoms with van der Waals surface area (Å²) in [5, 5.41) is 0. The minimum Gasteiger partial charge on any atom is -0.328 e. The lowest BCUT2D eigenvalue weighted by Gasteiger charge is -2.20. The van der Waals surface area contributed by atoms with Crippen molar-refractivity contribution < 1.29 is 4.79 Å². The first-order chi connectivity index (χ1) is 10.2. The minimum absolute atomic E-state index is 0.135. The monoisotopic (exact) mass is 308 g/mol. The summed E-state index contributed by atoms with van der Waals surface area (Å²) in [5.74, 6) is -0.338. The number of fused-ring (bicyclic) bond motifs is 1. The van der Waals surface area contributed by atoms with Gasteiger partial charge in [-0.15, -0.1) is 0 Å². The highest BCUT2D eigenvalue weighted by Crippen LogP contribution is 2.06. The molecule has 0 saturated carbocycles. The SMILES string of the molecule is CC(=O)C(N)(N)CCCn1c(=O)c2c(ncn2C)n(C)c1=O. The van der Waals surface area contributed by atoms with Gasteiger partial charge in [-0.1, -0.05) is 0 Å². The van der Waals surface area contributed by atoms with Crippen LogP contribution in [-0.4, -0.2) is 30.1 Å². The van der Waals surface area contributed by atoms with Gasteiger partial charge >= 0.3 is 5.69 Å². The predicted molar refractivity (Wildman–Crippen MR) is 81.2 cm³/mol. The number of nitrogens with zero attached hydrogens (tertiary/aromatic N) is 4. The van der Waals surface area contributed by atoms with Crippen LogP contribution < -0.4 is 22.7 Å². The number of nitrogens with two attached hydrogens (primary N) is 2. The Morgan fingerprint density at radius 3 is 2.55 bits per heavy atom. The van der Waals surface area contributed by atoms with Gasteiger partial charge in [-0.3, -0.25) is 18.7 Å². The summed E-state index contributed by atoms with van der Waals surface area (Å²) in [6.45, 7) is 1.45. The molecule has 0 aliphatic heterocycles. The van der Waals surface area contributed by atoms with Crippen LogP contribution in [0.5, 0.6) is 0 Å². The molecule has 4 N–H and O–H groups in total. The van der Waals surface area contributed by atoms with Crippen LogP contribution in [0, 0.1) is 0 Å². The average molecular weight is 308 g/mol. The van der Waals surface area contributed by atoms with Crippen molar-refractivity contribution in [2.75, 3.05) is 0 Å². The largest absolute Gasteiger partial charge is 0.332 e. The molecule has 0 atom stereocenters. The fourth-order valence-corrected chi connectivity index (χ4v) is 2.30. The molecule has 120 valence electrons. The fraction of sp³-hybridized carbons (Fsp3) is 0.538. The summed E-state index contributed by atoms with van der Waals surface area (Å²) in [4.78, 5) is 40.0. The number of ketones is 1. The van der Waals surface area contributed by atoms with Crippen LogP contribution in [0.25, 0.3) is 11.2 Å². The Morgan fingerprint density at radius 2 is 1.95 bits per heavy atom. The van der Waals surface area contributed by atoms with Crippen molar-refractivity contribution in [1.29, 1.82) is 0 Å². The maximum absolute atomic E-state index is 12.4. The lowest BCUT2D eigenvalue weighted by Crippen LogP contribution is -2.55. The number of carbonyl (C=O) groups excluding carboxylic acids is 1. The van der Waals surface area contributed by atoms with Crippen LogP contribution >= 0.6 is 0 Å². The van der Waals surface area contributed by atoms with E-state index in [4.69, 9.17) is 11.5 Å². The summed E-state index contributed by atoms with van der Waals surface area (Å²) in [6.07, 6.45) is 2.00. The third-order valence-electron chi connectivity index (χ3n) is 3.83. The predicted octanol–water partition coefficient (Wildman–Crippen LogP) is -1.58. The first-order valence-corrected chi connectivity index (χ1v) is 6.86. The van der Waals surface area contributed by atoms with Crippen LogP contribution in [0.2, 0.25) is 0 Å². The molecule has 0 fully saturated rings. The summed E-state index contributed by atoms with van der Waals surface area (Å²) < 4.78 is 4.00. The molecule has 0 aromatic carbocycles. The smallest absolute Gasteiger partial charge is 0.328 e. The number of imidazole rings is 1. The van der Waals surface area contributed by atoms with Gasteiger partial charge in [0, 0.05) is 20.6 Å². The van der Waals surface area contributed by atoms with Crippen LogP contribution in [0.3, 0.4) is 0 Å². The van der Waals surface area contributed by atoms with Gasteiger partial charge in [-0.25, -0.2) is 9.78 Å². The third-order valence-corrected chi connectivity index (χ3v) is 3.83. The van der Waals surface area contributed by atoms with Gasteiger partial charge in [0.2, 0.25) is 0 Å². The second-order valence-corrected chi connectivity index (χ2v) is 5.53. The zero-order valence-corrected chi connectivity index (χ0v) is 12.9. The Morgan fingerprint density at radius 1 is 1.32 bits per heavy atom. The first kappa shape index (κ1) is 16.1. The molecule has 2 heterocycles. The van der Waals surface area contributed by atoms with Crippen molar-refractivity contribution in [3.8, 4) is 0 Å². The van der Waals surface area contributed by atoms with E-state index in [-0.39, 0.29) is 18.7 Å². The van der Waals surface area contributed by atoms with Crippen molar-refractivity contribution in [3.63, 3.8) is 0 Å². The Bertz CT molecular complexity index is 842. The van der Waals surface area contributed by atoms with E-state index in [2.05, 4.69) is 4.98 Å². The molecule has 22 heavy (non-hydrogen) atoms. The minimum atomic E-state index is -1.44. The van der Waals surface area contributed by atoms with Crippen LogP contribution in [0.4, 0.5) is 0 Å². The highest BCUT2D eigenvalue weighted by Gasteiger charge is 2.24. The van der Waals surface area contributed by atoms with Crippen LogP contribution in [0.1, 0.15) is 19.8 Å². The van der Waals surface area contributed by atoms with Crippen LogP contribution in [-0.2, 0) is 25.4 Å². The molecule has 9 nitrogen and oxygen atoms in total. The number of rotatable bonds is 5. The van der Waals surface area contributed by atoms with E-state index in [9.17, 15) is 14.4 Å². The van der Waals surface area contributed by atoms with Gasteiger partial charge in [-0.05, 0) is 19.8 Å². The lowest BCUT2D eigenvalue weighted by molar-refractivity contribution is -0.122. The van der Waals surface area contributed by atoms with Gasteiger partial charge in [0.25, 0.3) is 5.56 Å². The lowest BCUT2D eigenvalue weighted by atomic mass is 10.0. The Kier molecular flexibility index (Phi) is 4.03. The summed E-state index contributed by atoms with van der Waals surface area (Å²) >= 11 is 0. The number of aromatic nitrogens is 4. The molecule has 2 aromatic heterocycles. The van der Waals surface area contributed by atoms with Crippen molar-refractivity contribution in [2.45, 2.75) is 32.0 Å². The maximum atomic E-state index is 12.4. The normalized spacial score (nSPS) is 12.0. The standard InChI is InChI=1S/C13H20N6O3/c1-8(20)13(14,15)5-4-6-19-11(21)9-10(16-7-17(9)2)18(3)12(19)22/h7H,4-6,14-15H2,1-3H3. The number of aryl methyl sites for hydroxylation is 2. The molecule has 0 saturated heterocycles. The van der Waals surface area contributed by atoms with E-state index in [1.807, 2.05) is 0 Å². The summed E-state index contributed by atoms with van der Waals surface area (Å²) in [5.41, 5.74) is 9.71. The Labute approximate surface area is 126 Å². The second kappa shape index (κ2) is 5.50. The molecule has 2 aromatic rings. The zero-order valence-electron chi connectivity index (χ0n) is 12.9. The molecule has 0 aliphatic carbocycles. The quantitative estimate of drug-likeness (QED) is 0.641. The van der Waals surface area contributed by atoms with E-state index in [1.54, 1.807) is 18.7 Å². The van der Waals surface area contributed by atoms with E-state index in [1.165, 1.54) is 17.8 Å². The van der Waals surface area contributed by atoms with Gasteiger partial charge < -0.3 is 16.0 Å². The second-order valence-electron chi connectivity index (χ2n) is 5.53. The first-order valence-electron chi connectivity index (χ1n) is 6.86. The topological polar surface area (TPSA) is 131 Å². The van der Waals surface area contributed by atoms with E-state index in [0.717, 1.165) is 4.57 Å². The molecule has 0 bridgehead atoms. The Hall–Kier alpha value is -2.26. The highest BCUT2D eigenvalue weighted by molar-refractivity contribution is 5.84. The molecule has 9 heteroatoms. The van der Waals surface area contributed by atoms with Gasteiger partial charge in [-0.2, -0.15) is 0 Å². The molecular formula is C13H20N6O3. The molecule has 0 unspecified atom stereocenters. The van der Waals surface area contributed by atoms with Crippen LogP contribution in [0.15, 0.2) is 15.9 Å². The van der Waals surface area contributed by atoms with Crippen molar-refractivity contribution in [2.24, 2.45) is 25.6 Å². The Balaban J connectivity index is 2.37. The van der Waals surface area contributed by atoms with Crippen molar-refractivity contribution >= 4 is 16.9 Å². The maximum Gasteiger partial charge on any atom is 0.332 e. The van der Waals surface area contributed by atoms with E-state index < -0.39 is 16.9 Å². The van der Waals surface area contributed by atoms with Gasteiger partial charge in [0.15, 0.2) is 16.9 Å². The number of Topliss-reactive ketones (excluding diaryl/α,β-unsaturated/α-hetero) is 1. The number of hydrogen-bond donors (Lipinski definition) is 2.